The van der Waals surface area contributed by atoms with Crippen molar-refractivity contribution in [3.05, 3.63) is 18.2 Å². The number of nitrogens with zero attached hydrogens (tertiary/aromatic N) is 1. The van der Waals surface area contributed by atoms with Crippen molar-refractivity contribution in [3.63, 3.8) is 0 Å². The molecule has 2 amide bonds. The Kier molecular flexibility index (Phi) is 10.6. The lowest BCUT2D eigenvalue weighted by Gasteiger charge is -2.16. The van der Waals surface area contributed by atoms with Crippen LogP contribution in [0.4, 0.5) is 11.6 Å². The normalized spacial score (nSPS) is 13.1. The van der Waals surface area contributed by atoms with E-state index in [-0.39, 0.29) is 23.7 Å². The molecule has 0 radical (unpaired) electrons. The van der Waals surface area contributed by atoms with E-state index in [0.29, 0.717) is 11.6 Å². The fourth-order valence-electron chi connectivity index (χ4n) is 2.97. The van der Waals surface area contributed by atoms with Gasteiger partial charge in [0.2, 0.25) is 11.8 Å². The number of hydrogen-bond acceptors (Lipinski definition) is 3. The van der Waals surface area contributed by atoms with Gasteiger partial charge in [0.25, 0.3) is 0 Å². The van der Waals surface area contributed by atoms with E-state index < -0.39 is 0 Å². The van der Waals surface area contributed by atoms with Crippen LogP contribution in [0.2, 0.25) is 0 Å². The van der Waals surface area contributed by atoms with Gasteiger partial charge >= 0.3 is 0 Å². The van der Waals surface area contributed by atoms with Crippen molar-refractivity contribution in [1.29, 1.82) is 0 Å². The Morgan fingerprint density at radius 2 is 1.27 bits per heavy atom. The van der Waals surface area contributed by atoms with Crippen LogP contribution >= 0.6 is 0 Å². The summed E-state index contributed by atoms with van der Waals surface area (Å²) in [5, 5.41) is 5.78. The van der Waals surface area contributed by atoms with Crippen molar-refractivity contribution >= 4 is 23.5 Å². The molecule has 5 nitrogen and oxygen atoms in total. The van der Waals surface area contributed by atoms with Crippen LogP contribution in [-0.2, 0) is 9.59 Å². The van der Waals surface area contributed by atoms with E-state index in [9.17, 15) is 9.59 Å². The van der Waals surface area contributed by atoms with E-state index in [1.807, 2.05) is 13.8 Å². The second kappa shape index (κ2) is 12.4. The number of unbranched alkanes of at least 4 members (excludes halogenated alkanes) is 2. The molecule has 146 valence electrons. The number of hydrogen-bond donors (Lipinski definition) is 2. The van der Waals surface area contributed by atoms with Crippen LogP contribution in [0.25, 0.3) is 0 Å². The van der Waals surface area contributed by atoms with Gasteiger partial charge in [-0.3, -0.25) is 9.59 Å². The lowest BCUT2D eigenvalue weighted by atomic mass is 9.98. The van der Waals surface area contributed by atoms with Crippen LogP contribution in [0.15, 0.2) is 18.2 Å². The minimum absolute atomic E-state index is 0.00584. The fourth-order valence-corrected chi connectivity index (χ4v) is 2.97. The molecule has 2 N–H and O–H groups in total. The van der Waals surface area contributed by atoms with Crippen LogP contribution in [0.3, 0.4) is 0 Å². The Morgan fingerprint density at radius 1 is 0.846 bits per heavy atom. The van der Waals surface area contributed by atoms with Gasteiger partial charge in [-0.2, -0.15) is 0 Å². The van der Waals surface area contributed by atoms with Gasteiger partial charge in [0, 0.05) is 11.8 Å². The molecule has 26 heavy (non-hydrogen) atoms. The van der Waals surface area contributed by atoms with Gasteiger partial charge in [-0.05, 0) is 37.8 Å². The quantitative estimate of drug-likeness (QED) is 0.524. The number of nitrogens with one attached hydrogen (secondary N) is 2. The number of pyridine rings is 1. The molecular weight excluding hydrogens is 326 g/mol. The number of carbonyl (C=O) groups is 2. The summed E-state index contributed by atoms with van der Waals surface area (Å²) in [6, 6.07) is 5.32. The maximum Gasteiger partial charge on any atom is 0.228 e. The highest BCUT2D eigenvalue weighted by Gasteiger charge is 2.18. The highest BCUT2D eigenvalue weighted by Crippen LogP contribution is 2.18. The Hall–Kier alpha value is -1.91. The third kappa shape index (κ3) is 7.54. The predicted octanol–water partition coefficient (Wildman–Crippen LogP) is 5.39. The highest BCUT2D eigenvalue weighted by molar-refractivity contribution is 5.93. The highest BCUT2D eigenvalue weighted by atomic mass is 16.2. The summed E-state index contributed by atoms with van der Waals surface area (Å²) in [7, 11) is 0. The molecule has 0 bridgehead atoms. The van der Waals surface area contributed by atoms with E-state index in [1.54, 1.807) is 18.2 Å². The van der Waals surface area contributed by atoms with Crippen molar-refractivity contribution in [2.75, 3.05) is 10.6 Å². The monoisotopic (exact) mass is 361 g/mol. The van der Waals surface area contributed by atoms with Crippen LogP contribution in [-0.4, -0.2) is 16.8 Å². The number of carbonyl (C=O) groups excluding carboxylic acids is 2. The molecule has 0 aliphatic heterocycles. The summed E-state index contributed by atoms with van der Waals surface area (Å²) in [4.78, 5) is 29.2. The molecule has 1 heterocycles. The lowest BCUT2D eigenvalue weighted by Crippen LogP contribution is -2.24. The first-order valence-electron chi connectivity index (χ1n) is 10.1. The van der Waals surface area contributed by atoms with Crippen molar-refractivity contribution in [2.24, 2.45) is 11.8 Å². The minimum Gasteiger partial charge on any atom is -0.310 e. The first-order chi connectivity index (χ1) is 12.5. The first-order valence-corrected chi connectivity index (χ1v) is 10.1. The van der Waals surface area contributed by atoms with Crippen molar-refractivity contribution in [2.45, 2.75) is 79.1 Å². The van der Waals surface area contributed by atoms with Crippen LogP contribution in [0.5, 0.6) is 0 Å². The average molecular weight is 362 g/mol. The topological polar surface area (TPSA) is 71.1 Å². The maximum absolute atomic E-state index is 12.4. The smallest absolute Gasteiger partial charge is 0.228 e. The molecule has 2 atom stereocenters. The summed E-state index contributed by atoms with van der Waals surface area (Å²) in [5.41, 5.74) is 0. The molecule has 0 fully saturated rings. The van der Waals surface area contributed by atoms with Gasteiger partial charge in [0.15, 0.2) is 0 Å². The molecule has 1 rings (SSSR count). The number of anilines is 2. The summed E-state index contributed by atoms with van der Waals surface area (Å²) in [6.07, 6.45) is 7.68. The molecule has 1 aromatic rings. The standard InChI is InChI=1S/C21H35N3O2/c1-5-9-12-16(7-3)20(25)23-18-14-11-15-19(22-18)24-21(26)17(8-4)13-10-6-2/h11,14-17H,5-10,12-13H2,1-4H3,(H2,22,23,24,25,26)/t16-,17-/m0/s1. The number of rotatable bonds is 12. The van der Waals surface area contributed by atoms with Crippen LogP contribution < -0.4 is 10.6 Å². The van der Waals surface area contributed by atoms with E-state index in [1.165, 1.54) is 0 Å². The molecule has 0 aliphatic rings. The summed E-state index contributed by atoms with van der Waals surface area (Å²) < 4.78 is 0. The molecule has 0 spiro atoms. The third-order valence-electron chi connectivity index (χ3n) is 4.79. The zero-order valence-electron chi connectivity index (χ0n) is 16.8. The predicted molar refractivity (Wildman–Crippen MR) is 108 cm³/mol. The van der Waals surface area contributed by atoms with Gasteiger partial charge in [-0.25, -0.2) is 4.98 Å². The molecule has 0 aromatic carbocycles. The van der Waals surface area contributed by atoms with Gasteiger partial charge in [0.05, 0.1) is 0 Å². The maximum atomic E-state index is 12.4. The molecule has 0 unspecified atom stereocenters. The zero-order valence-corrected chi connectivity index (χ0v) is 16.8. The Bertz CT molecular complexity index is 515. The molecular formula is C21H35N3O2. The second-order valence-corrected chi connectivity index (χ2v) is 6.88. The van der Waals surface area contributed by atoms with Gasteiger partial charge in [-0.15, -0.1) is 0 Å². The largest absolute Gasteiger partial charge is 0.310 e. The van der Waals surface area contributed by atoms with E-state index in [2.05, 4.69) is 29.5 Å². The Labute approximate surface area is 158 Å². The third-order valence-corrected chi connectivity index (χ3v) is 4.79. The van der Waals surface area contributed by atoms with E-state index in [0.717, 1.165) is 51.4 Å². The molecule has 5 heteroatoms. The van der Waals surface area contributed by atoms with E-state index >= 15 is 0 Å². The molecule has 1 aromatic heterocycles. The van der Waals surface area contributed by atoms with Gasteiger partial charge < -0.3 is 10.6 Å². The Balaban J connectivity index is 2.69. The van der Waals surface area contributed by atoms with Crippen molar-refractivity contribution in [1.82, 2.24) is 4.98 Å². The molecule has 0 saturated carbocycles. The average Bonchev–Trinajstić information content (AvgIpc) is 2.63. The lowest BCUT2D eigenvalue weighted by molar-refractivity contribution is -0.120. The second-order valence-electron chi connectivity index (χ2n) is 6.88. The fraction of sp³-hybridized carbons (Fsp3) is 0.667. The minimum atomic E-state index is 0.00584. The van der Waals surface area contributed by atoms with Gasteiger partial charge in [-0.1, -0.05) is 59.4 Å². The van der Waals surface area contributed by atoms with E-state index in [4.69, 9.17) is 0 Å². The Morgan fingerprint density at radius 3 is 1.62 bits per heavy atom. The molecule has 0 aliphatic carbocycles. The van der Waals surface area contributed by atoms with Crippen molar-refractivity contribution < 1.29 is 9.59 Å². The molecule has 0 saturated heterocycles. The van der Waals surface area contributed by atoms with Crippen LogP contribution in [0, 0.1) is 11.8 Å². The summed E-state index contributed by atoms with van der Waals surface area (Å²) in [6.45, 7) is 8.32. The van der Waals surface area contributed by atoms with Gasteiger partial charge in [0.1, 0.15) is 11.6 Å². The zero-order chi connectivity index (χ0) is 19.4. The summed E-state index contributed by atoms with van der Waals surface area (Å²) >= 11 is 0. The summed E-state index contributed by atoms with van der Waals surface area (Å²) in [5.74, 6) is 1.01. The number of amides is 2. The van der Waals surface area contributed by atoms with Crippen LogP contribution in [0.1, 0.15) is 79.1 Å². The number of aromatic nitrogens is 1. The SMILES string of the molecule is CCCC[C@H](CC)C(=O)Nc1cccc(NC(=O)[C@@H](CC)CCCC)n1. The van der Waals surface area contributed by atoms with Crippen molar-refractivity contribution in [3.8, 4) is 0 Å². The first kappa shape index (κ1) is 22.1.